The van der Waals surface area contributed by atoms with Gasteiger partial charge in [-0.15, -0.1) is 0 Å². The molecule has 0 atom stereocenters. The molecule has 7 heteroatoms. The van der Waals surface area contributed by atoms with Crippen molar-refractivity contribution in [2.75, 3.05) is 20.8 Å². The van der Waals surface area contributed by atoms with Crippen LogP contribution in [0.25, 0.3) is 0 Å². The van der Waals surface area contributed by atoms with Gasteiger partial charge in [-0.1, -0.05) is 6.07 Å². The van der Waals surface area contributed by atoms with Gasteiger partial charge in [0.25, 0.3) is 0 Å². The van der Waals surface area contributed by atoms with Crippen LogP contribution in [0.4, 0.5) is 0 Å². The van der Waals surface area contributed by atoms with Gasteiger partial charge in [-0.3, -0.25) is 0 Å². The molecule has 0 aliphatic rings. The second-order valence-electron chi connectivity index (χ2n) is 5.83. The van der Waals surface area contributed by atoms with Crippen LogP contribution in [0.5, 0.6) is 17.2 Å². The van der Waals surface area contributed by atoms with Crippen LogP contribution in [-0.2, 0) is 16.6 Å². The number of hydrogen-bond donors (Lipinski definition) is 1. The molecule has 6 nitrogen and oxygen atoms in total. The molecule has 0 saturated heterocycles. The first kappa shape index (κ1) is 20.1. The van der Waals surface area contributed by atoms with Crippen molar-refractivity contribution in [1.82, 2.24) is 4.72 Å². The van der Waals surface area contributed by atoms with E-state index in [4.69, 9.17) is 14.2 Å². The zero-order chi connectivity index (χ0) is 19.3. The Balaban J connectivity index is 2.25. The first-order valence-electron chi connectivity index (χ1n) is 8.27. The molecule has 2 aromatic carbocycles. The molecule has 0 radical (unpaired) electrons. The average Bonchev–Trinajstić information content (AvgIpc) is 2.59. The molecular weight excluding hydrogens is 354 g/mol. The summed E-state index contributed by atoms with van der Waals surface area (Å²) < 4.78 is 44.2. The van der Waals surface area contributed by atoms with Crippen LogP contribution in [0.1, 0.15) is 23.6 Å². The fraction of sp³-hybridized carbons (Fsp3) is 0.368. The standard InChI is InChI=1S/C19H25NO5S/c1-6-25-18-11-15(7-8-17(18)24-5)12-20-26(21,22)19-13(2)9-16(23-4)10-14(19)3/h7-11,20H,6,12H2,1-5H3. The molecular formula is C19H25NO5S. The van der Waals surface area contributed by atoms with Gasteiger partial charge >= 0.3 is 0 Å². The minimum absolute atomic E-state index is 0.150. The summed E-state index contributed by atoms with van der Waals surface area (Å²) in [6, 6.07) is 8.76. The van der Waals surface area contributed by atoms with Crippen molar-refractivity contribution in [2.24, 2.45) is 0 Å². The van der Waals surface area contributed by atoms with Crippen molar-refractivity contribution in [1.29, 1.82) is 0 Å². The van der Waals surface area contributed by atoms with Gasteiger partial charge in [-0.25, -0.2) is 13.1 Å². The first-order chi connectivity index (χ1) is 12.3. The van der Waals surface area contributed by atoms with Crippen molar-refractivity contribution >= 4 is 10.0 Å². The minimum atomic E-state index is -3.66. The third-order valence-electron chi connectivity index (χ3n) is 3.93. The maximum absolute atomic E-state index is 12.8. The molecule has 0 bridgehead atoms. The van der Waals surface area contributed by atoms with E-state index in [-0.39, 0.29) is 11.4 Å². The van der Waals surface area contributed by atoms with E-state index < -0.39 is 10.0 Å². The van der Waals surface area contributed by atoms with E-state index in [0.717, 1.165) is 5.56 Å². The van der Waals surface area contributed by atoms with Crippen LogP contribution in [-0.4, -0.2) is 29.2 Å². The summed E-state index contributed by atoms with van der Waals surface area (Å²) in [4.78, 5) is 0.275. The van der Waals surface area contributed by atoms with E-state index in [0.29, 0.717) is 35.0 Å². The summed E-state index contributed by atoms with van der Waals surface area (Å²) in [5.74, 6) is 1.83. The molecule has 0 spiro atoms. The van der Waals surface area contributed by atoms with E-state index in [1.165, 1.54) is 0 Å². The van der Waals surface area contributed by atoms with E-state index >= 15 is 0 Å². The van der Waals surface area contributed by atoms with Crippen LogP contribution >= 0.6 is 0 Å². The highest BCUT2D eigenvalue weighted by Gasteiger charge is 2.20. The van der Waals surface area contributed by atoms with Gasteiger partial charge in [-0.2, -0.15) is 0 Å². The maximum atomic E-state index is 12.8. The van der Waals surface area contributed by atoms with E-state index in [1.807, 2.05) is 6.92 Å². The number of benzene rings is 2. The first-order valence-corrected chi connectivity index (χ1v) is 9.75. The Morgan fingerprint density at radius 1 is 0.962 bits per heavy atom. The summed E-state index contributed by atoms with van der Waals surface area (Å²) in [5.41, 5.74) is 2.06. The molecule has 2 rings (SSSR count). The van der Waals surface area contributed by atoms with Crippen LogP contribution in [0, 0.1) is 13.8 Å². The highest BCUT2D eigenvalue weighted by Crippen LogP contribution is 2.29. The Kier molecular flexibility index (Phi) is 6.50. The number of rotatable bonds is 8. The smallest absolute Gasteiger partial charge is 0.241 e. The van der Waals surface area contributed by atoms with E-state index in [9.17, 15) is 8.42 Å². The number of ether oxygens (including phenoxy) is 3. The summed E-state index contributed by atoms with van der Waals surface area (Å²) in [5, 5.41) is 0. The molecule has 0 saturated carbocycles. The van der Waals surface area contributed by atoms with Crippen LogP contribution in [0.2, 0.25) is 0 Å². The predicted molar refractivity (Wildman–Crippen MR) is 101 cm³/mol. The molecule has 0 aliphatic heterocycles. The minimum Gasteiger partial charge on any atom is -0.497 e. The third kappa shape index (κ3) is 4.47. The number of methoxy groups -OCH3 is 2. The lowest BCUT2D eigenvalue weighted by molar-refractivity contribution is 0.310. The Hall–Kier alpha value is -2.25. The van der Waals surface area contributed by atoms with E-state index in [1.54, 1.807) is 58.4 Å². The Morgan fingerprint density at radius 2 is 1.62 bits per heavy atom. The molecule has 0 unspecified atom stereocenters. The normalized spacial score (nSPS) is 11.3. The van der Waals surface area contributed by atoms with Crippen LogP contribution in [0.3, 0.4) is 0 Å². The fourth-order valence-electron chi connectivity index (χ4n) is 2.80. The molecule has 0 amide bonds. The van der Waals surface area contributed by atoms with Gasteiger partial charge in [0.15, 0.2) is 11.5 Å². The second-order valence-corrected chi connectivity index (χ2v) is 7.54. The van der Waals surface area contributed by atoms with Gasteiger partial charge < -0.3 is 14.2 Å². The Bertz CT molecular complexity index is 854. The molecule has 0 fully saturated rings. The van der Waals surface area contributed by atoms with Crippen LogP contribution in [0.15, 0.2) is 35.2 Å². The van der Waals surface area contributed by atoms with Crippen LogP contribution < -0.4 is 18.9 Å². The SMILES string of the molecule is CCOc1cc(CNS(=O)(=O)c2c(C)cc(OC)cc2C)ccc1OC. The van der Waals surface area contributed by atoms with Gasteiger partial charge in [0.1, 0.15) is 5.75 Å². The van der Waals surface area contributed by atoms with Gasteiger partial charge in [0.2, 0.25) is 10.0 Å². The largest absolute Gasteiger partial charge is 0.497 e. The molecule has 142 valence electrons. The summed E-state index contributed by atoms with van der Waals surface area (Å²) in [6.45, 7) is 6.03. The second kappa shape index (κ2) is 8.42. The zero-order valence-corrected chi connectivity index (χ0v) is 16.6. The van der Waals surface area contributed by atoms with Crippen molar-refractivity contribution in [3.05, 3.63) is 47.0 Å². The summed E-state index contributed by atoms with van der Waals surface area (Å²) in [7, 11) is -0.542. The number of aryl methyl sites for hydroxylation is 2. The highest BCUT2D eigenvalue weighted by molar-refractivity contribution is 7.89. The lowest BCUT2D eigenvalue weighted by Gasteiger charge is -2.15. The Morgan fingerprint density at radius 3 is 2.15 bits per heavy atom. The maximum Gasteiger partial charge on any atom is 0.241 e. The zero-order valence-electron chi connectivity index (χ0n) is 15.8. The molecule has 2 aromatic rings. The van der Waals surface area contributed by atoms with Crippen molar-refractivity contribution in [2.45, 2.75) is 32.2 Å². The quantitative estimate of drug-likeness (QED) is 0.762. The van der Waals surface area contributed by atoms with Crippen molar-refractivity contribution in [3.8, 4) is 17.2 Å². The molecule has 0 aliphatic carbocycles. The van der Waals surface area contributed by atoms with Crippen molar-refractivity contribution in [3.63, 3.8) is 0 Å². The highest BCUT2D eigenvalue weighted by atomic mass is 32.2. The van der Waals surface area contributed by atoms with Gasteiger partial charge in [-0.05, 0) is 61.7 Å². The summed E-state index contributed by atoms with van der Waals surface area (Å²) >= 11 is 0. The fourth-order valence-corrected chi connectivity index (χ4v) is 4.27. The number of sulfonamides is 1. The van der Waals surface area contributed by atoms with Gasteiger partial charge in [0, 0.05) is 6.54 Å². The summed E-state index contributed by atoms with van der Waals surface area (Å²) in [6.07, 6.45) is 0. The van der Waals surface area contributed by atoms with Gasteiger partial charge in [0.05, 0.1) is 25.7 Å². The number of hydrogen-bond acceptors (Lipinski definition) is 5. The topological polar surface area (TPSA) is 73.9 Å². The third-order valence-corrected chi connectivity index (χ3v) is 5.64. The van der Waals surface area contributed by atoms with E-state index in [2.05, 4.69) is 4.72 Å². The lowest BCUT2D eigenvalue weighted by Crippen LogP contribution is -2.25. The van der Waals surface area contributed by atoms with Crippen molar-refractivity contribution < 1.29 is 22.6 Å². The molecule has 0 heterocycles. The lowest BCUT2D eigenvalue weighted by atomic mass is 10.1. The monoisotopic (exact) mass is 379 g/mol. The average molecular weight is 379 g/mol. The predicted octanol–water partition coefficient (Wildman–Crippen LogP) is 3.20. The molecule has 26 heavy (non-hydrogen) atoms. The molecule has 0 aromatic heterocycles. The number of nitrogens with one attached hydrogen (secondary N) is 1. The Labute approximate surface area is 155 Å². The molecule has 1 N–H and O–H groups in total.